The number of anilines is 1. The number of amides is 1. The van der Waals surface area contributed by atoms with E-state index in [2.05, 4.69) is 9.69 Å². The summed E-state index contributed by atoms with van der Waals surface area (Å²) in [6, 6.07) is 15.6. The third-order valence-electron chi connectivity index (χ3n) is 5.83. The van der Waals surface area contributed by atoms with E-state index in [9.17, 15) is 18.4 Å². The van der Waals surface area contributed by atoms with E-state index >= 15 is 0 Å². The van der Waals surface area contributed by atoms with Crippen molar-refractivity contribution < 1.29 is 28.2 Å². The summed E-state index contributed by atoms with van der Waals surface area (Å²) in [4.78, 5) is 25.9. The zero-order valence-electron chi connectivity index (χ0n) is 20.1. The third kappa shape index (κ3) is 5.31. The molecule has 1 amide bonds. The van der Waals surface area contributed by atoms with Gasteiger partial charge in [-0.2, -0.15) is 4.37 Å². The first-order chi connectivity index (χ1) is 18.2. The first-order valence-electron chi connectivity index (χ1n) is 11.4. The second kappa shape index (κ2) is 10.6. The molecule has 0 aliphatic heterocycles. The number of rotatable bonds is 7. The zero-order valence-corrected chi connectivity index (χ0v) is 22.5. The molecule has 3 aromatic heterocycles. The highest BCUT2D eigenvalue weighted by Crippen LogP contribution is 2.45. The van der Waals surface area contributed by atoms with Crippen LogP contribution in [0.15, 0.2) is 54.6 Å². The quantitative estimate of drug-likeness (QED) is 0.206. The Labute approximate surface area is 228 Å². The number of halogens is 2. The predicted molar refractivity (Wildman–Crippen MR) is 147 cm³/mol. The SMILES string of the molecule is Cc1nsc(-c2cc3sc(-c4cc(F)c(CC(=O)O)c(F)c4)cc3s2)c1NC(=O)OC(C)c1ccccc1. The third-order valence-corrected chi connectivity index (χ3v) is 9.29. The van der Waals surface area contributed by atoms with Gasteiger partial charge in [-0.15, -0.1) is 22.7 Å². The molecule has 0 bridgehead atoms. The number of thiophene rings is 2. The maximum atomic E-state index is 14.4. The molecule has 6 nitrogen and oxygen atoms in total. The molecule has 0 spiro atoms. The summed E-state index contributed by atoms with van der Waals surface area (Å²) in [5, 5.41) is 11.7. The van der Waals surface area contributed by atoms with Crippen molar-refractivity contribution in [2.24, 2.45) is 0 Å². The van der Waals surface area contributed by atoms with Crippen molar-refractivity contribution in [3.05, 3.63) is 83.1 Å². The predicted octanol–water partition coefficient (Wildman–Crippen LogP) is 8.28. The van der Waals surface area contributed by atoms with Gasteiger partial charge in [-0.1, -0.05) is 30.3 Å². The summed E-state index contributed by atoms with van der Waals surface area (Å²) in [5.74, 6) is -3.07. The summed E-state index contributed by atoms with van der Waals surface area (Å²) >= 11 is 4.11. The Bertz CT molecular complexity index is 1610. The molecule has 0 aliphatic rings. The molecule has 0 saturated carbocycles. The summed E-state index contributed by atoms with van der Waals surface area (Å²) in [6.07, 6.45) is -1.73. The lowest BCUT2D eigenvalue weighted by atomic mass is 10.1. The van der Waals surface area contributed by atoms with Crippen LogP contribution in [0.5, 0.6) is 0 Å². The number of carbonyl (C=O) groups excluding carboxylic acids is 1. The van der Waals surface area contributed by atoms with Crippen molar-refractivity contribution in [2.45, 2.75) is 26.4 Å². The van der Waals surface area contributed by atoms with Gasteiger partial charge in [-0.3, -0.25) is 10.1 Å². The van der Waals surface area contributed by atoms with E-state index < -0.39 is 41.8 Å². The molecule has 5 aromatic rings. The van der Waals surface area contributed by atoms with Crippen LogP contribution in [0.1, 0.15) is 29.8 Å². The van der Waals surface area contributed by atoms with E-state index in [0.29, 0.717) is 21.8 Å². The molecule has 0 radical (unpaired) electrons. The number of carbonyl (C=O) groups is 2. The standard InChI is InChI=1S/C27H20F2N2O4S3/c1-13-25(30-27(34)35-14(2)15-6-4-3-5-7-15)26(38-31-13)23-12-22-21(37-23)11-20(36-22)16-8-18(28)17(10-24(32)33)19(29)9-16/h3-9,11-12,14H,10H2,1-2H3,(H,30,34)(H,32,33). The summed E-state index contributed by atoms with van der Waals surface area (Å²) < 4.78 is 40.6. The van der Waals surface area contributed by atoms with Gasteiger partial charge in [0.1, 0.15) is 17.7 Å². The van der Waals surface area contributed by atoms with Crippen LogP contribution in [-0.2, 0) is 16.0 Å². The molecule has 0 saturated heterocycles. The molecule has 1 unspecified atom stereocenters. The molecule has 194 valence electrons. The van der Waals surface area contributed by atoms with E-state index in [1.807, 2.05) is 42.5 Å². The average molecular weight is 571 g/mol. The highest BCUT2D eigenvalue weighted by Gasteiger charge is 2.21. The first-order valence-corrected chi connectivity index (χ1v) is 13.8. The highest BCUT2D eigenvalue weighted by molar-refractivity contribution is 7.32. The number of aryl methyl sites for hydroxylation is 1. The summed E-state index contributed by atoms with van der Waals surface area (Å²) in [5.41, 5.74) is 2.01. The molecular weight excluding hydrogens is 551 g/mol. The monoisotopic (exact) mass is 570 g/mol. The van der Waals surface area contributed by atoms with Crippen molar-refractivity contribution in [3.63, 3.8) is 0 Å². The average Bonchev–Trinajstić information content (AvgIpc) is 3.55. The van der Waals surface area contributed by atoms with Gasteiger partial charge in [0.15, 0.2) is 0 Å². The topological polar surface area (TPSA) is 88.5 Å². The van der Waals surface area contributed by atoms with Gasteiger partial charge in [0.2, 0.25) is 0 Å². The lowest BCUT2D eigenvalue weighted by Crippen LogP contribution is -2.16. The minimum atomic E-state index is -1.30. The fraction of sp³-hybridized carbons (Fsp3) is 0.148. The number of ether oxygens (including phenoxy) is 1. The van der Waals surface area contributed by atoms with Crippen LogP contribution in [0.25, 0.3) is 29.6 Å². The fourth-order valence-electron chi connectivity index (χ4n) is 3.92. The summed E-state index contributed by atoms with van der Waals surface area (Å²) in [7, 11) is 0. The Balaban J connectivity index is 1.37. The molecule has 1 atom stereocenters. The van der Waals surface area contributed by atoms with Gasteiger partial charge >= 0.3 is 12.1 Å². The van der Waals surface area contributed by atoms with E-state index in [1.165, 1.54) is 34.2 Å². The number of benzene rings is 2. The minimum Gasteiger partial charge on any atom is -0.481 e. The second-order valence-corrected chi connectivity index (χ2v) is 11.4. The smallest absolute Gasteiger partial charge is 0.412 e. The molecule has 5 rings (SSSR count). The first kappa shape index (κ1) is 26.0. The molecule has 2 aromatic carbocycles. The van der Waals surface area contributed by atoms with Gasteiger partial charge in [0, 0.05) is 19.8 Å². The van der Waals surface area contributed by atoms with Crippen LogP contribution in [0.3, 0.4) is 0 Å². The van der Waals surface area contributed by atoms with E-state index in [-0.39, 0.29) is 0 Å². The molecule has 38 heavy (non-hydrogen) atoms. The number of hydrogen-bond donors (Lipinski definition) is 2. The van der Waals surface area contributed by atoms with E-state index in [4.69, 9.17) is 9.84 Å². The fourth-order valence-corrected chi connectivity index (χ4v) is 7.25. The molecule has 0 aliphatic carbocycles. The largest absolute Gasteiger partial charge is 0.481 e. The van der Waals surface area contributed by atoms with Crippen molar-refractivity contribution >= 4 is 61.4 Å². The van der Waals surface area contributed by atoms with Gasteiger partial charge in [0.05, 0.1) is 27.6 Å². The Morgan fingerprint density at radius 1 is 1.03 bits per heavy atom. The van der Waals surface area contributed by atoms with Crippen molar-refractivity contribution in [1.82, 2.24) is 4.37 Å². The van der Waals surface area contributed by atoms with Crippen LogP contribution in [-0.4, -0.2) is 21.5 Å². The van der Waals surface area contributed by atoms with Crippen LogP contribution < -0.4 is 5.32 Å². The van der Waals surface area contributed by atoms with E-state index in [0.717, 1.165) is 36.9 Å². The Kier molecular flexibility index (Phi) is 7.24. The highest BCUT2D eigenvalue weighted by atomic mass is 32.1. The Hall–Kier alpha value is -3.67. The molecule has 2 N–H and O–H groups in total. The van der Waals surface area contributed by atoms with Crippen molar-refractivity contribution in [1.29, 1.82) is 0 Å². The maximum absolute atomic E-state index is 14.4. The Morgan fingerprint density at radius 3 is 2.32 bits per heavy atom. The number of nitrogens with zero attached hydrogens (tertiary/aromatic N) is 1. The lowest BCUT2D eigenvalue weighted by molar-refractivity contribution is -0.136. The maximum Gasteiger partial charge on any atom is 0.412 e. The number of nitrogens with one attached hydrogen (secondary N) is 1. The zero-order chi connectivity index (χ0) is 27.0. The van der Waals surface area contributed by atoms with Gasteiger partial charge in [-0.25, -0.2) is 13.6 Å². The van der Waals surface area contributed by atoms with Crippen LogP contribution in [0, 0.1) is 18.6 Å². The van der Waals surface area contributed by atoms with Crippen LogP contribution in [0.4, 0.5) is 19.3 Å². The molecular formula is C27H20F2N2O4S3. The minimum absolute atomic E-state index is 0.343. The van der Waals surface area contributed by atoms with E-state index in [1.54, 1.807) is 13.8 Å². The van der Waals surface area contributed by atoms with Crippen molar-refractivity contribution in [3.8, 4) is 20.2 Å². The molecule has 0 fully saturated rings. The van der Waals surface area contributed by atoms with Gasteiger partial charge < -0.3 is 9.84 Å². The molecule has 3 heterocycles. The van der Waals surface area contributed by atoms with Crippen LogP contribution >= 0.6 is 34.2 Å². The number of carboxylic acid groups (broad SMARTS) is 1. The summed E-state index contributed by atoms with van der Waals surface area (Å²) in [6.45, 7) is 3.61. The lowest BCUT2D eigenvalue weighted by Gasteiger charge is -2.14. The second-order valence-electron chi connectivity index (χ2n) is 8.49. The van der Waals surface area contributed by atoms with Gasteiger partial charge in [-0.05, 0) is 60.8 Å². The number of fused-ring (bicyclic) bond motifs is 1. The number of aromatic nitrogens is 1. The number of hydrogen-bond acceptors (Lipinski definition) is 7. The normalized spacial score (nSPS) is 12.0. The van der Waals surface area contributed by atoms with Gasteiger partial charge in [0.25, 0.3) is 0 Å². The van der Waals surface area contributed by atoms with Crippen LogP contribution in [0.2, 0.25) is 0 Å². The number of carboxylic acids is 1. The molecule has 11 heteroatoms. The Morgan fingerprint density at radius 2 is 1.66 bits per heavy atom. The van der Waals surface area contributed by atoms with Crippen molar-refractivity contribution in [2.75, 3.05) is 5.32 Å². The number of aliphatic carboxylic acids is 1.